The number of hydrogen-bond acceptors (Lipinski definition) is 12. The van der Waals surface area contributed by atoms with Gasteiger partial charge in [0.05, 0.1) is 22.3 Å². The first-order chi connectivity index (χ1) is 26.5. The third kappa shape index (κ3) is 8.07. The van der Waals surface area contributed by atoms with E-state index in [0.717, 1.165) is 115 Å². The molecule has 0 radical (unpaired) electrons. The quantitative estimate of drug-likeness (QED) is 0.154. The standard InChI is InChI=1S/C23H27N5O2.C18H22N6O.Na.H2O/c1-13-10-16(11-17-18(13)22(30)28-23(17)8-4-3-5-9-23)26-19-14(2)20(25-12-24-19)27-21(29)15-6-7-15;1-10-8-12(23-16-11(2)15(19)20-9-21-16)22-14-13(10)17(25)24-18(14)6-4-3-5-7-18;;/h10-12,15H,3-9H2,1-2H3,(H,28,30)(H2,24,25,26,27,29);8-9H,3-7H2,1-2H3,(H,24,25)(H3,19,20,21,22,23);;1H2/q;;+1;/p-1. The number of aryl methyl sites for hydroxylation is 2. The summed E-state index contributed by atoms with van der Waals surface area (Å²) in [5.41, 5.74) is 13.2. The number of fused-ring (bicyclic) bond motifs is 4. The van der Waals surface area contributed by atoms with Gasteiger partial charge in [-0.15, -0.1) is 0 Å². The van der Waals surface area contributed by atoms with Crippen molar-refractivity contribution < 1.29 is 49.4 Å². The molecule has 0 saturated heterocycles. The number of anilines is 6. The van der Waals surface area contributed by atoms with Gasteiger partial charge in [-0.3, -0.25) is 14.4 Å². The number of amides is 3. The topological polar surface area (TPSA) is 232 Å². The monoisotopic (exact) mass is 783 g/mol. The normalized spacial score (nSPS) is 18.1. The van der Waals surface area contributed by atoms with Crippen molar-refractivity contribution in [2.45, 2.75) is 116 Å². The minimum Gasteiger partial charge on any atom is -0.870 e. The summed E-state index contributed by atoms with van der Waals surface area (Å²) in [5, 5.41) is 16.1. The van der Waals surface area contributed by atoms with Crippen molar-refractivity contribution in [2.75, 3.05) is 21.7 Å². The van der Waals surface area contributed by atoms with Crippen molar-refractivity contribution in [1.82, 2.24) is 35.6 Å². The number of nitrogens with zero attached hydrogens (tertiary/aromatic N) is 5. The second-order valence-corrected chi connectivity index (χ2v) is 15.9. The number of benzene rings is 1. The predicted molar refractivity (Wildman–Crippen MR) is 212 cm³/mol. The fourth-order valence-electron chi connectivity index (χ4n) is 8.78. The third-order valence-electron chi connectivity index (χ3n) is 12.0. The van der Waals surface area contributed by atoms with Crippen LogP contribution in [-0.4, -0.2) is 48.1 Å². The average Bonchev–Trinajstić information content (AvgIpc) is 3.93. The van der Waals surface area contributed by atoms with E-state index in [1.165, 1.54) is 25.5 Å². The van der Waals surface area contributed by atoms with Crippen LogP contribution in [0.2, 0.25) is 0 Å². The van der Waals surface area contributed by atoms with Gasteiger partial charge in [0.1, 0.15) is 41.7 Å². The molecular weight excluding hydrogens is 734 g/mol. The largest absolute Gasteiger partial charge is 1.00 e. The Bertz CT molecular complexity index is 2220. The van der Waals surface area contributed by atoms with E-state index in [9.17, 15) is 14.4 Å². The summed E-state index contributed by atoms with van der Waals surface area (Å²) < 4.78 is 0. The van der Waals surface area contributed by atoms with Crippen LogP contribution in [0.15, 0.2) is 30.9 Å². The molecule has 3 aliphatic carbocycles. The minimum absolute atomic E-state index is 0. The summed E-state index contributed by atoms with van der Waals surface area (Å²) >= 11 is 0. The average molecular weight is 784 g/mol. The fraction of sp³-hybridized carbons (Fsp3) is 0.463. The van der Waals surface area contributed by atoms with E-state index in [1.54, 1.807) is 0 Å². The first kappa shape index (κ1) is 41.9. The van der Waals surface area contributed by atoms with Crippen molar-refractivity contribution in [3.8, 4) is 0 Å². The second kappa shape index (κ2) is 16.6. The zero-order chi connectivity index (χ0) is 38.5. The molecule has 0 unspecified atom stereocenters. The number of hydrogen-bond donors (Lipinski definition) is 6. The number of carbonyl (C=O) groups excluding carboxylic acids is 3. The number of nitrogens with two attached hydrogens (primary N) is 1. The maximum absolute atomic E-state index is 12.7. The molecule has 294 valence electrons. The van der Waals surface area contributed by atoms with Crippen molar-refractivity contribution >= 4 is 52.5 Å². The Hall–Kier alpha value is -4.70. The Morgan fingerprint density at radius 3 is 1.95 bits per heavy atom. The molecule has 1 aromatic carbocycles. The SMILES string of the molecule is Cc1cc(Nc2ncnc(N)c2C)nc2c1C(=O)NC21CCCCC1.Cc1cc(Nc2ncnc(NC(=O)C3CC3)c2C)cc2c1C(=O)NC21CCCCC1.[Na+].[OH-]. The van der Waals surface area contributed by atoms with E-state index in [2.05, 4.69) is 52.6 Å². The molecule has 3 aromatic heterocycles. The molecule has 3 saturated carbocycles. The van der Waals surface area contributed by atoms with Gasteiger partial charge in [0, 0.05) is 28.3 Å². The number of nitrogen functional groups attached to an aromatic ring is 1. The molecule has 3 fully saturated rings. The van der Waals surface area contributed by atoms with Gasteiger partial charge in [0.25, 0.3) is 11.8 Å². The Morgan fingerprint density at radius 1 is 0.719 bits per heavy atom. The summed E-state index contributed by atoms with van der Waals surface area (Å²) in [6.07, 6.45) is 15.6. The summed E-state index contributed by atoms with van der Waals surface area (Å²) in [4.78, 5) is 59.0. The van der Waals surface area contributed by atoms with Gasteiger partial charge >= 0.3 is 29.6 Å². The van der Waals surface area contributed by atoms with Crippen LogP contribution in [0.4, 0.5) is 34.8 Å². The molecule has 8 N–H and O–H groups in total. The number of carbonyl (C=O) groups is 3. The van der Waals surface area contributed by atoms with Gasteiger partial charge in [-0.1, -0.05) is 38.5 Å². The summed E-state index contributed by atoms with van der Waals surface area (Å²) in [6.45, 7) is 7.71. The van der Waals surface area contributed by atoms with Crippen LogP contribution in [0.25, 0.3) is 0 Å². The molecule has 2 spiro atoms. The zero-order valence-electron chi connectivity index (χ0n) is 33.4. The van der Waals surface area contributed by atoms with E-state index < -0.39 is 0 Å². The van der Waals surface area contributed by atoms with Gasteiger partial charge in [0.15, 0.2) is 0 Å². The number of pyridine rings is 1. The first-order valence-corrected chi connectivity index (χ1v) is 19.5. The fourth-order valence-corrected chi connectivity index (χ4v) is 8.78. The molecule has 2 aliphatic heterocycles. The smallest absolute Gasteiger partial charge is 0.870 e. The second-order valence-electron chi connectivity index (χ2n) is 15.9. The molecule has 57 heavy (non-hydrogen) atoms. The Morgan fingerprint density at radius 2 is 1.28 bits per heavy atom. The molecule has 4 aromatic rings. The van der Waals surface area contributed by atoms with Crippen LogP contribution in [0.5, 0.6) is 0 Å². The van der Waals surface area contributed by atoms with Crippen molar-refractivity contribution in [2.24, 2.45) is 5.92 Å². The van der Waals surface area contributed by atoms with Gasteiger partial charge in [-0.05, 0) is 101 Å². The van der Waals surface area contributed by atoms with Crippen LogP contribution in [-0.2, 0) is 15.9 Å². The zero-order valence-corrected chi connectivity index (χ0v) is 35.4. The van der Waals surface area contributed by atoms with Crippen LogP contribution in [0.1, 0.15) is 131 Å². The van der Waals surface area contributed by atoms with Gasteiger partial charge < -0.3 is 37.8 Å². The maximum atomic E-state index is 12.7. The van der Waals surface area contributed by atoms with Gasteiger partial charge in [-0.25, -0.2) is 24.9 Å². The number of aromatic nitrogens is 5. The van der Waals surface area contributed by atoms with Gasteiger partial charge in [0.2, 0.25) is 5.91 Å². The van der Waals surface area contributed by atoms with Crippen LogP contribution in [0, 0.1) is 33.6 Å². The molecule has 16 heteroatoms. The number of rotatable bonds is 6. The van der Waals surface area contributed by atoms with Crippen molar-refractivity contribution in [1.29, 1.82) is 0 Å². The third-order valence-corrected chi connectivity index (χ3v) is 12.0. The van der Waals surface area contributed by atoms with Crippen molar-refractivity contribution in [3.63, 3.8) is 0 Å². The van der Waals surface area contributed by atoms with E-state index in [0.29, 0.717) is 29.1 Å². The van der Waals surface area contributed by atoms with E-state index in [4.69, 9.17) is 10.7 Å². The Labute approximate surface area is 354 Å². The summed E-state index contributed by atoms with van der Waals surface area (Å²) in [6, 6.07) is 5.97. The van der Waals surface area contributed by atoms with Gasteiger partial charge in [-0.2, -0.15) is 0 Å². The van der Waals surface area contributed by atoms with Crippen LogP contribution < -0.4 is 61.9 Å². The molecule has 9 rings (SSSR count). The molecule has 5 aliphatic rings. The van der Waals surface area contributed by atoms with Crippen LogP contribution >= 0.6 is 0 Å². The van der Waals surface area contributed by atoms with E-state index >= 15 is 0 Å². The number of nitrogens with one attached hydrogen (secondary N) is 5. The molecular formula is C41H50N11NaO4. The Kier molecular flexibility index (Phi) is 12.2. The molecule has 0 bridgehead atoms. The first-order valence-electron chi connectivity index (χ1n) is 19.5. The maximum Gasteiger partial charge on any atom is 1.00 e. The predicted octanol–water partition coefficient (Wildman–Crippen LogP) is 3.63. The summed E-state index contributed by atoms with van der Waals surface area (Å²) in [7, 11) is 0. The minimum atomic E-state index is -0.313. The van der Waals surface area contributed by atoms with Crippen molar-refractivity contribution in [3.05, 3.63) is 75.5 Å². The van der Waals surface area contributed by atoms with E-state index in [1.807, 2.05) is 39.8 Å². The van der Waals surface area contributed by atoms with E-state index in [-0.39, 0.29) is 69.8 Å². The Balaban J connectivity index is 0.000000189. The van der Waals surface area contributed by atoms with Crippen LogP contribution in [0.3, 0.4) is 0 Å². The molecule has 0 atom stereocenters. The molecule has 5 heterocycles. The molecule has 3 amide bonds. The summed E-state index contributed by atoms with van der Waals surface area (Å²) in [5.74, 6) is 3.14. The molecule has 15 nitrogen and oxygen atoms in total.